The highest BCUT2D eigenvalue weighted by molar-refractivity contribution is 5.43. The highest BCUT2D eigenvalue weighted by atomic mass is 16.6. The number of aryl methyl sites for hydroxylation is 2. The summed E-state index contributed by atoms with van der Waals surface area (Å²) in [7, 11) is 0. The second-order valence-corrected chi connectivity index (χ2v) is 4.03. The zero-order valence-electron chi connectivity index (χ0n) is 10.0. The average Bonchev–Trinajstić information content (AvgIpc) is 2.29. The highest BCUT2D eigenvalue weighted by Crippen LogP contribution is 2.22. The van der Waals surface area contributed by atoms with Crippen LogP contribution in [0.2, 0.25) is 0 Å². The summed E-state index contributed by atoms with van der Waals surface area (Å²) in [4.78, 5) is 10.7. The summed E-state index contributed by atoms with van der Waals surface area (Å²) in [5, 5.41) is 10.9. The van der Waals surface area contributed by atoms with Gasteiger partial charge < -0.3 is 0 Å². The Kier molecular flexibility index (Phi) is 4.96. The van der Waals surface area contributed by atoms with Crippen LogP contribution < -0.4 is 0 Å². The van der Waals surface area contributed by atoms with Crippen LogP contribution in [0.3, 0.4) is 0 Å². The summed E-state index contributed by atoms with van der Waals surface area (Å²) in [5.41, 5.74) is 2.19. The van der Waals surface area contributed by atoms with Gasteiger partial charge in [-0.1, -0.05) is 38.8 Å². The Hall–Kier alpha value is -1.38. The van der Waals surface area contributed by atoms with Crippen LogP contribution in [0, 0.1) is 10.1 Å². The molecule has 3 nitrogen and oxygen atoms in total. The molecule has 3 heteroatoms. The SMILES string of the molecule is CCCCCc1ccc(CC)cc1[N+](=O)[O-]. The van der Waals surface area contributed by atoms with Crippen LogP contribution in [0.5, 0.6) is 0 Å². The van der Waals surface area contributed by atoms with Crippen LogP contribution in [-0.2, 0) is 12.8 Å². The van der Waals surface area contributed by atoms with Gasteiger partial charge in [0, 0.05) is 11.6 Å². The Balaban J connectivity index is 2.85. The molecule has 0 atom stereocenters. The molecule has 0 spiro atoms. The van der Waals surface area contributed by atoms with E-state index in [1.807, 2.05) is 19.1 Å². The van der Waals surface area contributed by atoms with Gasteiger partial charge in [-0.05, 0) is 24.8 Å². The number of benzene rings is 1. The van der Waals surface area contributed by atoms with E-state index in [-0.39, 0.29) is 10.6 Å². The lowest BCUT2D eigenvalue weighted by Crippen LogP contribution is -1.97. The predicted octanol–water partition coefficient (Wildman–Crippen LogP) is 3.89. The topological polar surface area (TPSA) is 43.1 Å². The number of unbranched alkanes of at least 4 members (excludes halogenated alkanes) is 2. The maximum atomic E-state index is 10.9. The van der Waals surface area contributed by atoms with E-state index < -0.39 is 0 Å². The Bertz CT molecular complexity index is 361. The fraction of sp³-hybridized carbons (Fsp3) is 0.538. The maximum absolute atomic E-state index is 10.9. The quantitative estimate of drug-likeness (QED) is 0.415. The molecule has 88 valence electrons. The summed E-state index contributed by atoms with van der Waals surface area (Å²) in [6, 6.07) is 5.61. The number of rotatable bonds is 6. The summed E-state index contributed by atoms with van der Waals surface area (Å²) in [6.07, 6.45) is 4.96. The fourth-order valence-electron chi connectivity index (χ4n) is 1.78. The largest absolute Gasteiger partial charge is 0.272 e. The van der Waals surface area contributed by atoms with E-state index in [2.05, 4.69) is 6.92 Å². The van der Waals surface area contributed by atoms with Crippen LogP contribution in [0.1, 0.15) is 44.2 Å². The Morgan fingerprint density at radius 3 is 2.56 bits per heavy atom. The molecule has 0 radical (unpaired) electrons. The molecule has 0 aliphatic rings. The number of hydrogen-bond donors (Lipinski definition) is 0. The van der Waals surface area contributed by atoms with Crippen LogP contribution in [0.25, 0.3) is 0 Å². The minimum absolute atomic E-state index is 0.263. The maximum Gasteiger partial charge on any atom is 0.272 e. The van der Waals surface area contributed by atoms with Crippen molar-refractivity contribution in [2.45, 2.75) is 46.0 Å². The van der Waals surface area contributed by atoms with E-state index in [9.17, 15) is 10.1 Å². The number of hydrogen-bond acceptors (Lipinski definition) is 2. The van der Waals surface area contributed by atoms with Crippen molar-refractivity contribution < 1.29 is 4.92 Å². The monoisotopic (exact) mass is 221 g/mol. The lowest BCUT2D eigenvalue weighted by molar-refractivity contribution is -0.385. The molecule has 1 rings (SSSR count). The molecule has 0 amide bonds. The van der Waals surface area contributed by atoms with E-state index in [4.69, 9.17) is 0 Å². The van der Waals surface area contributed by atoms with E-state index >= 15 is 0 Å². The van der Waals surface area contributed by atoms with Gasteiger partial charge in [0.05, 0.1) is 4.92 Å². The first kappa shape index (κ1) is 12.7. The summed E-state index contributed by atoms with van der Waals surface area (Å²) < 4.78 is 0. The van der Waals surface area contributed by atoms with Crippen molar-refractivity contribution in [3.8, 4) is 0 Å². The second kappa shape index (κ2) is 6.26. The summed E-state index contributed by atoms with van der Waals surface area (Å²) in [5.74, 6) is 0. The first-order valence-electron chi connectivity index (χ1n) is 5.95. The van der Waals surface area contributed by atoms with Crippen molar-refractivity contribution >= 4 is 5.69 Å². The first-order chi connectivity index (χ1) is 7.69. The van der Waals surface area contributed by atoms with Gasteiger partial charge in [0.1, 0.15) is 0 Å². The molecule has 0 saturated carbocycles. The molecule has 0 bridgehead atoms. The van der Waals surface area contributed by atoms with E-state index in [1.165, 1.54) is 0 Å². The molecule has 1 aromatic rings. The molecule has 1 aromatic carbocycles. The number of nitrogens with zero attached hydrogens (tertiary/aromatic N) is 1. The molecule has 16 heavy (non-hydrogen) atoms. The summed E-state index contributed by atoms with van der Waals surface area (Å²) >= 11 is 0. The first-order valence-corrected chi connectivity index (χ1v) is 5.95. The van der Waals surface area contributed by atoms with E-state index in [0.29, 0.717) is 0 Å². The van der Waals surface area contributed by atoms with Crippen LogP contribution >= 0.6 is 0 Å². The third kappa shape index (κ3) is 3.33. The molecule has 0 aliphatic heterocycles. The Morgan fingerprint density at radius 2 is 2.00 bits per heavy atom. The molecule has 0 N–H and O–H groups in total. The summed E-state index contributed by atoms with van der Waals surface area (Å²) in [6.45, 7) is 4.14. The lowest BCUT2D eigenvalue weighted by atomic mass is 10.0. The molecule has 0 aliphatic carbocycles. The fourth-order valence-corrected chi connectivity index (χ4v) is 1.78. The van der Waals surface area contributed by atoms with Crippen molar-refractivity contribution in [2.75, 3.05) is 0 Å². The lowest BCUT2D eigenvalue weighted by Gasteiger charge is -2.04. The number of nitro benzene ring substituents is 1. The second-order valence-electron chi connectivity index (χ2n) is 4.03. The van der Waals surface area contributed by atoms with Gasteiger partial charge in [0.2, 0.25) is 0 Å². The Labute approximate surface area is 96.6 Å². The van der Waals surface area contributed by atoms with Gasteiger partial charge in [-0.3, -0.25) is 10.1 Å². The van der Waals surface area contributed by atoms with E-state index in [1.54, 1.807) is 6.07 Å². The van der Waals surface area contributed by atoms with Crippen molar-refractivity contribution in [3.05, 3.63) is 39.4 Å². The van der Waals surface area contributed by atoms with Crippen molar-refractivity contribution in [3.63, 3.8) is 0 Å². The van der Waals surface area contributed by atoms with Gasteiger partial charge in [-0.2, -0.15) is 0 Å². The van der Waals surface area contributed by atoms with Gasteiger partial charge in [-0.25, -0.2) is 0 Å². The highest BCUT2D eigenvalue weighted by Gasteiger charge is 2.13. The zero-order valence-corrected chi connectivity index (χ0v) is 10.0. The van der Waals surface area contributed by atoms with Gasteiger partial charge in [-0.15, -0.1) is 0 Å². The minimum Gasteiger partial charge on any atom is -0.258 e. The van der Waals surface area contributed by atoms with Crippen LogP contribution in [-0.4, -0.2) is 4.92 Å². The van der Waals surface area contributed by atoms with Gasteiger partial charge >= 0.3 is 0 Å². The standard InChI is InChI=1S/C13H19NO2/c1-3-5-6-7-12-9-8-11(4-2)10-13(12)14(15)16/h8-10H,3-7H2,1-2H3. The van der Waals surface area contributed by atoms with Gasteiger partial charge in [0.25, 0.3) is 5.69 Å². The molecule has 0 saturated heterocycles. The van der Waals surface area contributed by atoms with Crippen LogP contribution in [0.4, 0.5) is 5.69 Å². The average molecular weight is 221 g/mol. The molecule has 0 unspecified atom stereocenters. The van der Waals surface area contributed by atoms with Crippen molar-refractivity contribution in [1.29, 1.82) is 0 Å². The molecular weight excluding hydrogens is 202 g/mol. The number of nitro groups is 1. The van der Waals surface area contributed by atoms with Crippen molar-refractivity contribution in [1.82, 2.24) is 0 Å². The molecule has 0 heterocycles. The minimum atomic E-state index is -0.263. The normalized spacial score (nSPS) is 10.4. The van der Waals surface area contributed by atoms with Crippen LogP contribution in [0.15, 0.2) is 18.2 Å². The molecular formula is C13H19NO2. The third-order valence-electron chi connectivity index (χ3n) is 2.80. The molecule has 0 aromatic heterocycles. The molecule has 0 fully saturated rings. The van der Waals surface area contributed by atoms with Gasteiger partial charge in [0.15, 0.2) is 0 Å². The predicted molar refractivity (Wildman–Crippen MR) is 65.7 cm³/mol. The zero-order chi connectivity index (χ0) is 12.0. The van der Waals surface area contributed by atoms with E-state index in [0.717, 1.165) is 43.2 Å². The smallest absolute Gasteiger partial charge is 0.258 e. The third-order valence-corrected chi connectivity index (χ3v) is 2.80. The Morgan fingerprint density at radius 1 is 1.25 bits per heavy atom. The van der Waals surface area contributed by atoms with Crippen molar-refractivity contribution in [2.24, 2.45) is 0 Å².